The van der Waals surface area contributed by atoms with Gasteiger partial charge in [0.15, 0.2) is 0 Å². The summed E-state index contributed by atoms with van der Waals surface area (Å²) in [4.78, 5) is 14.5. The summed E-state index contributed by atoms with van der Waals surface area (Å²) in [6, 6.07) is 16.1. The lowest BCUT2D eigenvalue weighted by Gasteiger charge is -2.39. The Kier molecular flexibility index (Phi) is 4.04. The van der Waals surface area contributed by atoms with Crippen molar-refractivity contribution in [2.75, 3.05) is 13.1 Å². The average molecular weight is 337 g/mol. The molecule has 4 rings (SSSR count). The van der Waals surface area contributed by atoms with Crippen molar-refractivity contribution < 1.29 is 13.9 Å². The minimum absolute atomic E-state index is 0.129. The molecule has 1 unspecified atom stereocenters. The number of rotatable bonds is 2. The van der Waals surface area contributed by atoms with Crippen LogP contribution < -0.4 is 0 Å². The summed E-state index contributed by atoms with van der Waals surface area (Å²) in [5.41, 5.74) is 2.37. The van der Waals surface area contributed by atoms with Crippen LogP contribution in [0.3, 0.4) is 0 Å². The number of likely N-dealkylation sites (tertiary alicyclic amines) is 1. The van der Waals surface area contributed by atoms with Crippen LogP contribution in [0.2, 0.25) is 0 Å². The Hall–Kier alpha value is -2.62. The van der Waals surface area contributed by atoms with Crippen LogP contribution in [0.1, 0.15) is 35.2 Å². The molecule has 2 aliphatic heterocycles. The van der Waals surface area contributed by atoms with Crippen molar-refractivity contribution in [2.24, 2.45) is 0 Å². The Morgan fingerprint density at radius 3 is 2.76 bits per heavy atom. The van der Waals surface area contributed by atoms with E-state index < -0.39 is 0 Å². The molecule has 0 radical (unpaired) electrons. The van der Waals surface area contributed by atoms with Crippen molar-refractivity contribution in [3.05, 3.63) is 77.8 Å². The number of ether oxygens (including phenoxy) is 1. The van der Waals surface area contributed by atoms with Gasteiger partial charge >= 0.3 is 0 Å². The van der Waals surface area contributed by atoms with E-state index in [-0.39, 0.29) is 17.3 Å². The molecule has 4 heteroatoms. The summed E-state index contributed by atoms with van der Waals surface area (Å²) in [6.07, 6.45) is 4.44. The maximum atomic E-state index is 13.4. The molecule has 2 aromatic rings. The van der Waals surface area contributed by atoms with Gasteiger partial charge in [0.05, 0.1) is 12.8 Å². The van der Waals surface area contributed by atoms with E-state index in [1.165, 1.54) is 17.7 Å². The van der Waals surface area contributed by atoms with Crippen LogP contribution in [-0.2, 0) is 4.74 Å². The van der Waals surface area contributed by atoms with Gasteiger partial charge in [-0.1, -0.05) is 36.4 Å². The van der Waals surface area contributed by atoms with Crippen molar-refractivity contribution >= 4 is 11.5 Å². The molecule has 1 fully saturated rings. The van der Waals surface area contributed by atoms with Gasteiger partial charge in [-0.3, -0.25) is 4.79 Å². The quantitative estimate of drug-likeness (QED) is 0.819. The number of amides is 1. The molecule has 0 saturated carbocycles. The van der Waals surface area contributed by atoms with Gasteiger partial charge in [0.2, 0.25) is 0 Å². The first kappa shape index (κ1) is 15.9. The fraction of sp³-hybridized carbons (Fsp3) is 0.286. The van der Waals surface area contributed by atoms with Crippen LogP contribution in [0.15, 0.2) is 60.9 Å². The third-order valence-electron chi connectivity index (χ3n) is 5.01. The number of piperidine rings is 1. The first-order chi connectivity index (χ1) is 12.2. The van der Waals surface area contributed by atoms with Gasteiger partial charge in [0.25, 0.3) is 5.91 Å². The molecule has 3 nitrogen and oxygen atoms in total. The van der Waals surface area contributed by atoms with Crippen LogP contribution in [0.25, 0.3) is 5.57 Å². The molecule has 0 N–H and O–H groups in total. The monoisotopic (exact) mass is 337 g/mol. The van der Waals surface area contributed by atoms with Crippen molar-refractivity contribution in [2.45, 2.75) is 24.9 Å². The van der Waals surface area contributed by atoms with Gasteiger partial charge < -0.3 is 9.64 Å². The number of nitrogens with zero attached hydrogens (tertiary/aromatic N) is 1. The van der Waals surface area contributed by atoms with Gasteiger partial charge in [0.1, 0.15) is 11.4 Å². The van der Waals surface area contributed by atoms with E-state index in [4.69, 9.17) is 4.74 Å². The Morgan fingerprint density at radius 2 is 1.96 bits per heavy atom. The molecular formula is C21H20FNO2. The lowest BCUT2D eigenvalue weighted by molar-refractivity contribution is -0.0190. The Bertz CT molecular complexity index is 818. The topological polar surface area (TPSA) is 29.5 Å². The molecule has 1 amide bonds. The summed E-state index contributed by atoms with van der Waals surface area (Å²) in [6.45, 7) is 1.22. The zero-order valence-electron chi connectivity index (χ0n) is 14.0. The SMILES string of the molecule is O=C(c1cccc(F)c1)N1CCCC2(CC(c3ccccc3)=CO2)C1. The standard InChI is InChI=1S/C21H20FNO2/c22-19-9-4-8-17(12-19)20(24)23-11-5-10-21(15-23)13-18(14-25-21)16-6-2-1-3-7-16/h1-4,6-9,12,14H,5,10-11,13,15H2. The first-order valence-corrected chi connectivity index (χ1v) is 8.62. The number of benzene rings is 2. The van der Waals surface area contributed by atoms with Crippen molar-refractivity contribution in [3.8, 4) is 0 Å². The molecule has 2 aliphatic rings. The number of hydrogen-bond acceptors (Lipinski definition) is 2. The van der Waals surface area contributed by atoms with Crippen LogP contribution in [0, 0.1) is 5.82 Å². The molecule has 2 aromatic carbocycles. The number of halogens is 1. The predicted octanol–water partition coefficient (Wildman–Crippen LogP) is 4.26. The fourth-order valence-electron chi connectivity index (χ4n) is 3.76. The van der Waals surface area contributed by atoms with Crippen molar-refractivity contribution in [3.63, 3.8) is 0 Å². The van der Waals surface area contributed by atoms with Crippen LogP contribution >= 0.6 is 0 Å². The summed E-state index contributed by atoms with van der Waals surface area (Å²) in [5.74, 6) is -0.516. The highest BCUT2D eigenvalue weighted by Crippen LogP contribution is 2.40. The lowest BCUT2D eigenvalue weighted by Crippen LogP contribution is -2.50. The van der Waals surface area contributed by atoms with Gasteiger partial charge in [-0.25, -0.2) is 4.39 Å². The molecule has 0 aliphatic carbocycles. The van der Waals surface area contributed by atoms with Gasteiger partial charge in [-0.15, -0.1) is 0 Å². The van der Waals surface area contributed by atoms with E-state index >= 15 is 0 Å². The maximum Gasteiger partial charge on any atom is 0.254 e. The van der Waals surface area contributed by atoms with E-state index in [2.05, 4.69) is 12.1 Å². The smallest absolute Gasteiger partial charge is 0.254 e. The summed E-state index contributed by atoms with van der Waals surface area (Å²) < 4.78 is 19.5. The van der Waals surface area contributed by atoms with Crippen molar-refractivity contribution in [1.29, 1.82) is 0 Å². The number of carbonyl (C=O) groups is 1. The Balaban J connectivity index is 1.49. The Labute approximate surface area is 146 Å². The zero-order chi connectivity index (χ0) is 17.3. The largest absolute Gasteiger partial charge is 0.492 e. The number of hydrogen-bond donors (Lipinski definition) is 0. The third-order valence-corrected chi connectivity index (χ3v) is 5.01. The van der Waals surface area contributed by atoms with E-state index in [0.717, 1.165) is 24.8 Å². The summed E-state index contributed by atoms with van der Waals surface area (Å²) >= 11 is 0. The molecule has 1 saturated heterocycles. The minimum Gasteiger partial charge on any atom is -0.492 e. The van der Waals surface area contributed by atoms with Crippen molar-refractivity contribution in [1.82, 2.24) is 4.90 Å². The molecule has 1 spiro atoms. The van der Waals surface area contributed by atoms with Crippen LogP contribution in [0.5, 0.6) is 0 Å². The van der Waals surface area contributed by atoms with E-state index in [0.29, 0.717) is 18.7 Å². The van der Waals surface area contributed by atoms with E-state index in [1.54, 1.807) is 17.0 Å². The molecule has 0 bridgehead atoms. The maximum absolute atomic E-state index is 13.4. The normalized spacial score (nSPS) is 22.6. The van der Waals surface area contributed by atoms with Gasteiger partial charge in [-0.2, -0.15) is 0 Å². The highest BCUT2D eigenvalue weighted by Gasteiger charge is 2.42. The second-order valence-corrected chi connectivity index (χ2v) is 6.83. The average Bonchev–Trinajstić information content (AvgIpc) is 3.05. The fourth-order valence-corrected chi connectivity index (χ4v) is 3.76. The van der Waals surface area contributed by atoms with E-state index in [9.17, 15) is 9.18 Å². The minimum atomic E-state index is -0.386. The first-order valence-electron chi connectivity index (χ1n) is 8.62. The molecule has 128 valence electrons. The molecule has 25 heavy (non-hydrogen) atoms. The molecular weight excluding hydrogens is 317 g/mol. The lowest BCUT2D eigenvalue weighted by atomic mass is 9.86. The van der Waals surface area contributed by atoms with E-state index in [1.807, 2.05) is 24.5 Å². The summed E-state index contributed by atoms with van der Waals surface area (Å²) in [5, 5.41) is 0. The highest BCUT2D eigenvalue weighted by molar-refractivity contribution is 5.94. The molecule has 2 heterocycles. The predicted molar refractivity (Wildman–Crippen MR) is 94.4 cm³/mol. The highest BCUT2D eigenvalue weighted by atomic mass is 19.1. The van der Waals surface area contributed by atoms with Gasteiger partial charge in [0, 0.05) is 18.5 Å². The van der Waals surface area contributed by atoms with Crippen LogP contribution in [-0.4, -0.2) is 29.5 Å². The van der Waals surface area contributed by atoms with Crippen LogP contribution in [0.4, 0.5) is 4.39 Å². The second kappa shape index (κ2) is 6.36. The Morgan fingerprint density at radius 1 is 1.12 bits per heavy atom. The number of carbonyl (C=O) groups excluding carboxylic acids is 1. The third kappa shape index (κ3) is 3.16. The second-order valence-electron chi connectivity index (χ2n) is 6.83. The molecule has 1 atom stereocenters. The van der Waals surface area contributed by atoms with Gasteiger partial charge in [-0.05, 0) is 42.2 Å². The summed E-state index contributed by atoms with van der Waals surface area (Å²) in [7, 11) is 0. The molecule has 0 aromatic heterocycles. The zero-order valence-corrected chi connectivity index (χ0v) is 14.0.